The number of likely N-dealkylation sites (N-methyl/N-ethyl adjacent to an activating group) is 2. The maximum atomic E-state index is 5.37. The summed E-state index contributed by atoms with van der Waals surface area (Å²) in [7, 11) is 2.17. The Morgan fingerprint density at radius 1 is 1.25 bits per heavy atom. The van der Waals surface area contributed by atoms with Gasteiger partial charge in [0.1, 0.15) is 0 Å². The van der Waals surface area contributed by atoms with Gasteiger partial charge in [-0.2, -0.15) is 0 Å². The van der Waals surface area contributed by atoms with E-state index >= 15 is 0 Å². The lowest BCUT2D eigenvalue weighted by Crippen LogP contribution is -2.44. The zero-order valence-corrected chi connectivity index (χ0v) is 11.8. The second-order valence-corrected chi connectivity index (χ2v) is 4.51. The summed E-state index contributed by atoms with van der Waals surface area (Å²) >= 11 is 0. The molecule has 0 aromatic heterocycles. The van der Waals surface area contributed by atoms with Crippen molar-refractivity contribution in [3.63, 3.8) is 0 Å². The van der Waals surface area contributed by atoms with Gasteiger partial charge in [0.05, 0.1) is 6.61 Å². The van der Waals surface area contributed by atoms with Gasteiger partial charge in [-0.1, -0.05) is 27.2 Å². The summed E-state index contributed by atoms with van der Waals surface area (Å²) in [5, 5.41) is 3.57. The predicted octanol–water partition coefficient (Wildman–Crippen LogP) is 1.98. The van der Waals surface area contributed by atoms with Gasteiger partial charge in [0.2, 0.25) is 0 Å². The molecule has 0 amide bonds. The first-order valence-corrected chi connectivity index (χ1v) is 6.65. The van der Waals surface area contributed by atoms with Crippen molar-refractivity contribution in [2.75, 3.05) is 39.9 Å². The molecule has 0 radical (unpaired) electrons. The van der Waals surface area contributed by atoms with Crippen LogP contribution in [0.25, 0.3) is 0 Å². The molecule has 3 heteroatoms. The highest BCUT2D eigenvalue weighted by Gasteiger charge is 2.16. The smallest absolute Gasteiger partial charge is 0.0593 e. The van der Waals surface area contributed by atoms with E-state index in [0.29, 0.717) is 6.04 Å². The van der Waals surface area contributed by atoms with Gasteiger partial charge in [0, 0.05) is 25.7 Å². The second kappa shape index (κ2) is 10.1. The molecule has 0 heterocycles. The largest absolute Gasteiger partial charge is 0.380 e. The predicted molar refractivity (Wildman–Crippen MR) is 70.9 cm³/mol. The summed E-state index contributed by atoms with van der Waals surface area (Å²) in [6.45, 7) is 13.6. The summed E-state index contributed by atoms with van der Waals surface area (Å²) in [5.74, 6) is 0.731. The highest BCUT2D eigenvalue weighted by molar-refractivity contribution is 4.75. The van der Waals surface area contributed by atoms with E-state index in [0.717, 1.165) is 38.8 Å². The molecule has 0 aliphatic carbocycles. The van der Waals surface area contributed by atoms with Crippen molar-refractivity contribution in [3.8, 4) is 0 Å². The molecule has 0 aromatic rings. The number of nitrogens with one attached hydrogen (secondary N) is 1. The van der Waals surface area contributed by atoms with Crippen LogP contribution in [0.1, 0.15) is 34.1 Å². The molecule has 16 heavy (non-hydrogen) atoms. The maximum Gasteiger partial charge on any atom is 0.0593 e. The van der Waals surface area contributed by atoms with Gasteiger partial charge in [0.15, 0.2) is 0 Å². The Kier molecular flexibility index (Phi) is 9.99. The molecular formula is C13H30N2O. The molecule has 0 aliphatic heterocycles. The van der Waals surface area contributed by atoms with E-state index in [1.807, 2.05) is 6.92 Å². The van der Waals surface area contributed by atoms with Crippen molar-refractivity contribution >= 4 is 0 Å². The Morgan fingerprint density at radius 3 is 2.44 bits per heavy atom. The molecular weight excluding hydrogens is 200 g/mol. The van der Waals surface area contributed by atoms with Crippen LogP contribution in [-0.4, -0.2) is 50.8 Å². The zero-order chi connectivity index (χ0) is 12.4. The lowest BCUT2D eigenvalue weighted by atomic mass is 9.99. The minimum absolute atomic E-state index is 0.599. The van der Waals surface area contributed by atoms with Crippen molar-refractivity contribution in [3.05, 3.63) is 0 Å². The third-order valence-corrected chi connectivity index (χ3v) is 3.13. The van der Waals surface area contributed by atoms with Gasteiger partial charge in [-0.25, -0.2) is 0 Å². The third kappa shape index (κ3) is 7.20. The Hall–Kier alpha value is -0.120. The minimum atomic E-state index is 0.599. The van der Waals surface area contributed by atoms with E-state index in [1.54, 1.807) is 0 Å². The van der Waals surface area contributed by atoms with E-state index < -0.39 is 0 Å². The molecule has 1 N–H and O–H groups in total. The molecule has 2 unspecified atom stereocenters. The van der Waals surface area contributed by atoms with Crippen molar-refractivity contribution in [2.45, 2.75) is 40.2 Å². The normalized spacial score (nSPS) is 15.4. The summed E-state index contributed by atoms with van der Waals surface area (Å²) in [4.78, 5) is 2.36. The van der Waals surface area contributed by atoms with E-state index in [1.165, 1.54) is 6.42 Å². The molecule has 0 aliphatic rings. The Bertz CT molecular complexity index is 153. The fraction of sp³-hybridized carbons (Fsp3) is 1.00. The number of rotatable bonds is 10. The Morgan fingerprint density at radius 2 is 1.94 bits per heavy atom. The average molecular weight is 230 g/mol. The highest BCUT2D eigenvalue weighted by atomic mass is 16.5. The van der Waals surface area contributed by atoms with Gasteiger partial charge >= 0.3 is 0 Å². The molecule has 0 saturated carbocycles. The summed E-state index contributed by atoms with van der Waals surface area (Å²) in [6.07, 6.45) is 1.23. The van der Waals surface area contributed by atoms with Crippen molar-refractivity contribution in [2.24, 2.45) is 5.92 Å². The molecule has 0 saturated heterocycles. The Labute approximate surface area is 102 Å². The minimum Gasteiger partial charge on any atom is -0.380 e. The fourth-order valence-electron chi connectivity index (χ4n) is 1.78. The highest BCUT2D eigenvalue weighted by Crippen LogP contribution is 2.08. The number of hydrogen-bond donors (Lipinski definition) is 1. The lowest BCUT2D eigenvalue weighted by Gasteiger charge is -2.28. The number of hydrogen-bond acceptors (Lipinski definition) is 3. The van der Waals surface area contributed by atoms with Crippen molar-refractivity contribution < 1.29 is 4.74 Å². The third-order valence-electron chi connectivity index (χ3n) is 3.13. The average Bonchev–Trinajstić information content (AvgIpc) is 2.28. The molecule has 0 spiro atoms. The van der Waals surface area contributed by atoms with Gasteiger partial charge < -0.3 is 15.0 Å². The topological polar surface area (TPSA) is 24.5 Å². The molecule has 98 valence electrons. The van der Waals surface area contributed by atoms with Crippen LogP contribution in [0.15, 0.2) is 0 Å². The van der Waals surface area contributed by atoms with E-state index in [2.05, 4.69) is 38.0 Å². The SMILES string of the molecule is CCNC(CN(C)CCOCC)C(C)CC. The van der Waals surface area contributed by atoms with E-state index in [-0.39, 0.29) is 0 Å². The van der Waals surface area contributed by atoms with Gasteiger partial charge in [-0.3, -0.25) is 0 Å². The first kappa shape index (κ1) is 15.9. The van der Waals surface area contributed by atoms with Crippen LogP contribution < -0.4 is 5.32 Å². The summed E-state index contributed by atoms with van der Waals surface area (Å²) < 4.78 is 5.37. The summed E-state index contributed by atoms with van der Waals surface area (Å²) in [5.41, 5.74) is 0. The first-order chi connectivity index (χ1) is 7.65. The molecule has 0 bridgehead atoms. The monoisotopic (exact) mass is 230 g/mol. The standard InChI is InChI=1S/C13H30N2O/c1-6-12(4)13(14-7-2)11-15(5)9-10-16-8-3/h12-14H,6-11H2,1-5H3. The van der Waals surface area contributed by atoms with Gasteiger partial charge in [-0.05, 0) is 26.4 Å². The second-order valence-electron chi connectivity index (χ2n) is 4.51. The number of ether oxygens (including phenoxy) is 1. The maximum absolute atomic E-state index is 5.37. The Balaban J connectivity index is 3.87. The molecule has 2 atom stereocenters. The van der Waals surface area contributed by atoms with Crippen LogP contribution in [-0.2, 0) is 4.74 Å². The molecule has 0 rings (SSSR count). The van der Waals surface area contributed by atoms with Gasteiger partial charge in [0.25, 0.3) is 0 Å². The van der Waals surface area contributed by atoms with Crippen molar-refractivity contribution in [1.82, 2.24) is 10.2 Å². The van der Waals surface area contributed by atoms with Crippen LogP contribution in [0, 0.1) is 5.92 Å². The van der Waals surface area contributed by atoms with E-state index in [4.69, 9.17) is 4.74 Å². The lowest BCUT2D eigenvalue weighted by molar-refractivity contribution is 0.115. The van der Waals surface area contributed by atoms with Gasteiger partial charge in [-0.15, -0.1) is 0 Å². The zero-order valence-electron chi connectivity index (χ0n) is 11.8. The molecule has 0 aromatic carbocycles. The fourth-order valence-corrected chi connectivity index (χ4v) is 1.78. The van der Waals surface area contributed by atoms with Crippen molar-refractivity contribution in [1.29, 1.82) is 0 Å². The van der Waals surface area contributed by atoms with Crippen LogP contribution in [0.5, 0.6) is 0 Å². The summed E-state index contributed by atoms with van der Waals surface area (Å²) in [6, 6.07) is 0.599. The van der Waals surface area contributed by atoms with Crippen LogP contribution in [0.4, 0.5) is 0 Å². The molecule has 0 fully saturated rings. The quantitative estimate of drug-likeness (QED) is 0.581. The molecule has 3 nitrogen and oxygen atoms in total. The number of nitrogens with zero attached hydrogens (tertiary/aromatic N) is 1. The van der Waals surface area contributed by atoms with Crippen LogP contribution in [0.2, 0.25) is 0 Å². The van der Waals surface area contributed by atoms with Crippen LogP contribution >= 0.6 is 0 Å². The van der Waals surface area contributed by atoms with E-state index in [9.17, 15) is 0 Å². The van der Waals surface area contributed by atoms with Crippen LogP contribution in [0.3, 0.4) is 0 Å². The first-order valence-electron chi connectivity index (χ1n) is 6.65.